The van der Waals surface area contributed by atoms with Crippen LogP contribution in [0.15, 0.2) is 23.1 Å². The Labute approximate surface area is 120 Å². The van der Waals surface area contributed by atoms with Crippen LogP contribution in [0.5, 0.6) is 5.75 Å². The van der Waals surface area contributed by atoms with Gasteiger partial charge in [-0.3, -0.25) is 0 Å². The average molecular weight is 298 g/mol. The number of ether oxygens (including phenoxy) is 1. The molecule has 0 heterocycles. The first-order valence-electron chi connectivity index (χ1n) is 6.73. The fraction of sp³-hybridized carbons (Fsp3) is 0.571. The molecule has 0 aliphatic heterocycles. The van der Waals surface area contributed by atoms with Crippen molar-refractivity contribution in [2.45, 2.75) is 24.8 Å². The quantitative estimate of drug-likeness (QED) is 0.862. The zero-order valence-corrected chi connectivity index (χ0v) is 13.0. The van der Waals surface area contributed by atoms with Crippen LogP contribution in [-0.4, -0.2) is 33.4 Å². The van der Waals surface area contributed by atoms with Gasteiger partial charge in [-0.1, -0.05) is 13.0 Å². The zero-order chi connectivity index (χ0) is 14.9. The second kappa shape index (κ2) is 5.71. The van der Waals surface area contributed by atoms with Crippen molar-refractivity contribution < 1.29 is 13.2 Å². The van der Waals surface area contributed by atoms with Gasteiger partial charge in [-0.2, -0.15) is 0 Å². The van der Waals surface area contributed by atoms with Crippen LogP contribution >= 0.6 is 0 Å². The van der Waals surface area contributed by atoms with E-state index in [1.165, 1.54) is 11.4 Å². The number of hydrogen-bond donors (Lipinski definition) is 1. The molecule has 0 saturated heterocycles. The van der Waals surface area contributed by atoms with Crippen molar-refractivity contribution in [2.24, 2.45) is 17.6 Å². The molecule has 0 bridgehead atoms. The summed E-state index contributed by atoms with van der Waals surface area (Å²) in [5.41, 5.74) is 6.41. The SMILES string of the molecule is COc1cc(CN)ccc1S(=O)(=O)N(C)CC1CC1C. The van der Waals surface area contributed by atoms with Gasteiger partial charge in [0.25, 0.3) is 0 Å². The van der Waals surface area contributed by atoms with Gasteiger partial charge in [0, 0.05) is 20.1 Å². The van der Waals surface area contributed by atoms with Gasteiger partial charge in [-0.25, -0.2) is 12.7 Å². The largest absolute Gasteiger partial charge is 0.495 e. The van der Waals surface area contributed by atoms with Crippen LogP contribution in [-0.2, 0) is 16.6 Å². The van der Waals surface area contributed by atoms with E-state index < -0.39 is 10.0 Å². The Morgan fingerprint density at radius 3 is 2.60 bits per heavy atom. The number of nitrogens with zero attached hydrogens (tertiary/aromatic N) is 1. The molecule has 1 aromatic rings. The minimum atomic E-state index is -3.52. The molecule has 0 radical (unpaired) electrons. The fourth-order valence-corrected chi connectivity index (χ4v) is 3.66. The molecule has 0 spiro atoms. The maximum Gasteiger partial charge on any atom is 0.246 e. The Morgan fingerprint density at radius 1 is 1.45 bits per heavy atom. The minimum absolute atomic E-state index is 0.202. The predicted molar refractivity (Wildman–Crippen MR) is 78.0 cm³/mol. The molecular weight excluding hydrogens is 276 g/mol. The van der Waals surface area contributed by atoms with E-state index in [1.54, 1.807) is 25.2 Å². The fourth-order valence-electron chi connectivity index (χ4n) is 2.30. The molecule has 2 rings (SSSR count). The Kier molecular flexibility index (Phi) is 4.36. The van der Waals surface area contributed by atoms with Gasteiger partial charge in [-0.15, -0.1) is 0 Å². The summed E-state index contributed by atoms with van der Waals surface area (Å²) >= 11 is 0. The van der Waals surface area contributed by atoms with E-state index in [1.807, 2.05) is 0 Å². The lowest BCUT2D eigenvalue weighted by atomic mass is 10.2. The third kappa shape index (κ3) is 2.97. The van der Waals surface area contributed by atoms with Crippen LogP contribution in [0.1, 0.15) is 18.9 Å². The highest BCUT2D eigenvalue weighted by atomic mass is 32.2. The van der Waals surface area contributed by atoms with Crippen LogP contribution in [0.25, 0.3) is 0 Å². The number of methoxy groups -OCH3 is 1. The van der Waals surface area contributed by atoms with Gasteiger partial charge in [-0.05, 0) is 36.0 Å². The lowest BCUT2D eigenvalue weighted by Crippen LogP contribution is -2.29. The van der Waals surface area contributed by atoms with E-state index in [0.29, 0.717) is 30.7 Å². The van der Waals surface area contributed by atoms with E-state index in [2.05, 4.69) is 6.92 Å². The summed E-state index contributed by atoms with van der Waals surface area (Å²) in [7, 11) is -0.426. The summed E-state index contributed by atoms with van der Waals surface area (Å²) in [5, 5.41) is 0. The highest BCUT2D eigenvalue weighted by Gasteiger charge is 2.36. The van der Waals surface area contributed by atoms with Gasteiger partial charge >= 0.3 is 0 Å². The molecule has 2 atom stereocenters. The molecule has 2 unspecified atom stereocenters. The van der Waals surface area contributed by atoms with Crippen molar-refractivity contribution >= 4 is 10.0 Å². The Bertz CT molecular complexity index is 586. The molecule has 1 aliphatic rings. The van der Waals surface area contributed by atoms with Crippen LogP contribution < -0.4 is 10.5 Å². The lowest BCUT2D eigenvalue weighted by Gasteiger charge is -2.19. The Balaban J connectivity index is 2.28. The van der Waals surface area contributed by atoms with Crippen LogP contribution in [0.3, 0.4) is 0 Å². The van der Waals surface area contributed by atoms with Gasteiger partial charge in [0.05, 0.1) is 7.11 Å². The van der Waals surface area contributed by atoms with Gasteiger partial charge in [0.1, 0.15) is 10.6 Å². The van der Waals surface area contributed by atoms with Crippen LogP contribution in [0.2, 0.25) is 0 Å². The molecular formula is C14H22N2O3S. The summed E-state index contributed by atoms with van der Waals surface area (Å²) in [6, 6.07) is 4.98. The third-order valence-electron chi connectivity index (χ3n) is 3.92. The normalized spacial score (nSPS) is 22.1. The predicted octanol–water partition coefficient (Wildman–Crippen LogP) is 1.43. The van der Waals surface area contributed by atoms with Crippen molar-refractivity contribution in [1.29, 1.82) is 0 Å². The highest BCUT2D eigenvalue weighted by Crippen LogP contribution is 2.39. The molecule has 0 amide bonds. The second-order valence-electron chi connectivity index (χ2n) is 5.45. The van der Waals surface area contributed by atoms with Crippen LogP contribution in [0, 0.1) is 11.8 Å². The average Bonchev–Trinajstić information content (AvgIpc) is 3.13. The summed E-state index contributed by atoms with van der Waals surface area (Å²) in [5.74, 6) is 1.45. The monoisotopic (exact) mass is 298 g/mol. The summed E-state index contributed by atoms with van der Waals surface area (Å²) in [6.07, 6.45) is 1.10. The summed E-state index contributed by atoms with van der Waals surface area (Å²) < 4.78 is 31.8. The first-order chi connectivity index (χ1) is 9.40. The van der Waals surface area contributed by atoms with E-state index in [0.717, 1.165) is 12.0 Å². The van der Waals surface area contributed by atoms with E-state index in [4.69, 9.17) is 10.5 Å². The first kappa shape index (κ1) is 15.3. The zero-order valence-electron chi connectivity index (χ0n) is 12.2. The van der Waals surface area contributed by atoms with Crippen molar-refractivity contribution in [3.05, 3.63) is 23.8 Å². The summed E-state index contributed by atoms with van der Waals surface area (Å²) in [4.78, 5) is 0.202. The van der Waals surface area contributed by atoms with E-state index >= 15 is 0 Å². The van der Waals surface area contributed by atoms with Gasteiger partial charge in [0.15, 0.2) is 0 Å². The van der Waals surface area contributed by atoms with Crippen LogP contribution in [0.4, 0.5) is 0 Å². The lowest BCUT2D eigenvalue weighted by molar-refractivity contribution is 0.395. The molecule has 6 heteroatoms. The van der Waals surface area contributed by atoms with Gasteiger partial charge in [0.2, 0.25) is 10.0 Å². The molecule has 1 saturated carbocycles. The Morgan fingerprint density at radius 2 is 2.10 bits per heavy atom. The minimum Gasteiger partial charge on any atom is -0.495 e. The number of nitrogens with two attached hydrogens (primary N) is 1. The van der Waals surface area contributed by atoms with Crippen molar-refractivity contribution in [1.82, 2.24) is 4.31 Å². The number of hydrogen-bond acceptors (Lipinski definition) is 4. The topological polar surface area (TPSA) is 72.6 Å². The standard InChI is InChI=1S/C14H22N2O3S/c1-10-6-12(10)9-16(2)20(17,18)14-5-4-11(8-15)7-13(14)19-3/h4-5,7,10,12H,6,8-9,15H2,1-3H3. The van der Waals surface area contributed by atoms with Crippen molar-refractivity contribution in [3.63, 3.8) is 0 Å². The molecule has 5 nitrogen and oxygen atoms in total. The maximum atomic E-state index is 12.6. The third-order valence-corrected chi connectivity index (χ3v) is 5.78. The first-order valence-corrected chi connectivity index (χ1v) is 8.17. The molecule has 20 heavy (non-hydrogen) atoms. The molecule has 1 aromatic carbocycles. The Hall–Kier alpha value is -1.11. The highest BCUT2D eigenvalue weighted by molar-refractivity contribution is 7.89. The number of sulfonamides is 1. The molecule has 1 aliphatic carbocycles. The second-order valence-corrected chi connectivity index (χ2v) is 7.46. The maximum absolute atomic E-state index is 12.6. The smallest absolute Gasteiger partial charge is 0.246 e. The number of rotatable bonds is 6. The van der Waals surface area contributed by atoms with Gasteiger partial charge < -0.3 is 10.5 Å². The van der Waals surface area contributed by atoms with Crippen molar-refractivity contribution in [2.75, 3.05) is 20.7 Å². The molecule has 0 aromatic heterocycles. The van der Waals surface area contributed by atoms with E-state index in [-0.39, 0.29) is 4.90 Å². The molecule has 1 fully saturated rings. The summed E-state index contributed by atoms with van der Waals surface area (Å²) in [6.45, 7) is 3.05. The van der Waals surface area contributed by atoms with Crippen molar-refractivity contribution in [3.8, 4) is 5.75 Å². The molecule has 112 valence electrons. The number of benzene rings is 1. The van der Waals surface area contributed by atoms with E-state index in [9.17, 15) is 8.42 Å². The molecule has 2 N–H and O–H groups in total.